The van der Waals surface area contributed by atoms with Crippen molar-refractivity contribution < 1.29 is 9.90 Å². The Hall–Kier alpha value is -0.840. The molecule has 1 N–H and O–H groups in total. The number of carboxylic acid groups (broad SMARTS) is 1. The van der Waals surface area contributed by atoms with E-state index in [0.717, 1.165) is 23.0 Å². The van der Waals surface area contributed by atoms with E-state index in [1.54, 1.807) is 0 Å². The summed E-state index contributed by atoms with van der Waals surface area (Å²) in [5.74, 6) is -0.607. The predicted molar refractivity (Wildman–Crippen MR) is 54.2 cm³/mol. The van der Waals surface area contributed by atoms with Crippen LogP contribution in [0.1, 0.15) is 30.0 Å². The molecule has 0 bridgehead atoms. The van der Waals surface area contributed by atoms with Gasteiger partial charge < -0.3 is 5.11 Å². The lowest BCUT2D eigenvalue weighted by Gasteiger charge is -2.05. The minimum Gasteiger partial charge on any atom is -0.481 e. The third-order valence-corrected chi connectivity index (χ3v) is 3.31. The van der Waals surface area contributed by atoms with Crippen LogP contribution in [-0.4, -0.2) is 20.9 Å². The molecule has 0 spiro atoms. The van der Waals surface area contributed by atoms with Crippen LogP contribution in [0.5, 0.6) is 0 Å². The Kier molecular flexibility index (Phi) is 2.34. The zero-order valence-electron chi connectivity index (χ0n) is 7.83. The number of aromatic nitrogens is 2. The summed E-state index contributed by atoms with van der Waals surface area (Å²) in [4.78, 5) is 10.6. The lowest BCUT2D eigenvalue weighted by Crippen LogP contribution is -2.03. The Balaban J connectivity index is 2.33. The van der Waals surface area contributed by atoms with E-state index in [0.29, 0.717) is 0 Å². The van der Waals surface area contributed by atoms with Crippen LogP contribution in [0.2, 0.25) is 0 Å². The lowest BCUT2D eigenvalue weighted by molar-refractivity contribution is -0.137. The van der Waals surface area contributed by atoms with Crippen molar-refractivity contribution in [3.8, 4) is 0 Å². The Bertz CT molecular complexity index is 386. The van der Waals surface area contributed by atoms with Gasteiger partial charge in [0.05, 0.1) is 6.42 Å². The van der Waals surface area contributed by atoms with Gasteiger partial charge in [0.15, 0.2) is 0 Å². The number of fused-ring (bicyclic) bond motifs is 1. The van der Waals surface area contributed by atoms with Gasteiger partial charge in [0.2, 0.25) is 0 Å². The number of aryl methyl sites for hydroxylation is 1. The number of carbonyl (C=O) groups is 1. The van der Waals surface area contributed by atoms with Crippen LogP contribution in [0.3, 0.4) is 0 Å². The normalized spacial score (nSPS) is 19.7. The minimum atomic E-state index is -0.737. The molecule has 0 fully saturated rings. The maximum absolute atomic E-state index is 10.6. The summed E-state index contributed by atoms with van der Waals surface area (Å²) in [6, 6.07) is 0. The first kappa shape index (κ1) is 9.71. The van der Waals surface area contributed by atoms with E-state index in [4.69, 9.17) is 5.11 Å². The molecule has 1 aliphatic rings. The van der Waals surface area contributed by atoms with Crippen LogP contribution in [0.25, 0.3) is 0 Å². The molecule has 4 nitrogen and oxygen atoms in total. The zero-order valence-corrected chi connectivity index (χ0v) is 9.41. The second-order valence-electron chi connectivity index (χ2n) is 3.61. The number of hydrogen-bond donors (Lipinski definition) is 1. The fourth-order valence-electron chi connectivity index (χ4n) is 2.11. The van der Waals surface area contributed by atoms with Gasteiger partial charge in [-0.15, -0.1) is 0 Å². The van der Waals surface area contributed by atoms with Gasteiger partial charge in [-0.1, -0.05) is 0 Å². The van der Waals surface area contributed by atoms with Gasteiger partial charge >= 0.3 is 5.97 Å². The molecule has 0 saturated carbocycles. The molecule has 1 aromatic rings. The van der Waals surface area contributed by atoms with E-state index in [9.17, 15) is 4.79 Å². The van der Waals surface area contributed by atoms with Gasteiger partial charge in [0.25, 0.3) is 0 Å². The van der Waals surface area contributed by atoms with E-state index < -0.39 is 5.97 Å². The lowest BCUT2D eigenvalue weighted by atomic mass is 10.0. The fourth-order valence-corrected chi connectivity index (χ4v) is 2.90. The summed E-state index contributed by atoms with van der Waals surface area (Å²) >= 11 is 3.37. The van der Waals surface area contributed by atoms with Crippen LogP contribution in [0.4, 0.5) is 0 Å². The van der Waals surface area contributed by atoms with E-state index in [1.807, 2.05) is 11.7 Å². The summed E-state index contributed by atoms with van der Waals surface area (Å²) in [7, 11) is 1.90. The first-order valence-corrected chi connectivity index (χ1v) is 5.32. The first-order chi connectivity index (χ1) is 6.59. The maximum Gasteiger partial charge on any atom is 0.303 e. The molecule has 0 aromatic carbocycles. The molecule has 14 heavy (non-hydrogen) atoms. The molecular formula is C9H11BrN2O2. The number of hydrogen-bond acceptors (Lipinski definition) is 2. The Morgan fingerprint density at radius 3 is 3.14 bits per heavy atom. The SMILES string of the molecule is Cn1nc(Br)c2c1CCC2CC(=O)O. The van der Waals surface area contributed by atoms with Gasteiger partial charge in [-0.3, -0.25) is 9.48 Å². The van der Waals surface area contributed by atoms with Crippen LogP contribution in [0, 0.1) is 0 Å². The molecule has 1 aromatic heterocycles. The largest absolute Gasteiger partial charge is 0.481 e. The molecule has 0 radical (unpaired) electrons. The van der Waals surface area contributed by atoms with Crippen molar-refractivity contribution in [2.45, 2.75) is 25.2 Å². The maximum atomic E-state index is 10.6. The predicted octanol–water partition coefficient (Wildman–Crippen LogP) is 1.69. The molecule has 0 amide bonds. The number of carboxylic acids is 1. The molecule has 76 valence electrons. The highest BCUT2D eigenvalue weighted by Crippen LogP contribution is 2.39. The average molecular weight is 259 g/mol. The minimum absolute atomic E-state index is 0.130. The van der Waals surface area contributed by atoms with Gasteiger partial charge in [0.1, 0.15) is 4.60 Å². The highest BCUT2D eigenvalue weighted by atomic mass is 79.9. The van der Waals surface area contributed by atoms with Crippen molar-refractivity contribution >= 4 is 21.9 Å². The van der Waals surface area contributed by atoms with E-state index in [-0.39, 0.29) is 12.3 Å². The van der Waals surface area contributed by atoms with Crippen LogP contribution in [0.15, 0.2) is 4.60 Å². The second kappa shape index (κ2) is 3.38. The topological polar surface area (TPSA) is 55.1 Å². The summed E-state index contributed by atoms with van der Waals surface area (Å²) < 4.78 is 2.64. The number of halogens is 1. The second-order valence-corrected chi connectivity index (χ2v) is 4.36. The standard InChI is InChI=1S/C9H11BrN2O2/c1-12-6-3-2-5(4-7(13)14)8(6)9(10)11-12/h5H,2-4H2,1H3,(H,13,14). The monoisotopic (exact) mass is 258 g/mol. The number of nitrogens with zero attached hydrogens (tertiary/aromatic N) is 2. The molecule has 1 unspecified atom stereocenters. The molecular weight excluding hydrogens is 248 g/mol. The van der Waals surface area contributed by atoms with E-state index in [1.165, 1.54) is 5.69 Å². The average Bonchev–Trinajstić information content (AvgIpc) is 2.56. The molecule has 1 atom stereocenters. The molecule has 2 rings (SSSR count). The Labute approximate surface area is 90.0 Å². The van der Waals surface area contributed by atoms with E-state index in [2.05, 4.69) is 21.0 Å². The summed E-state index contributed by atoms with van der Waals surface area (Å²) in [6.45, 7) is 0. The quantitative estimate of drug-likeness (QED) is 0.879. The molecule has 5 heteroatoms. The van der Waals surface area contributed by atoms with Crippen molar-refractivity contribution in [1.29, 1.82) is 0 Å². The summed E-state index contributed by atoms with van der Waals surface area (Å²) in [5, 5.41) is 13.0. The van der Waals surface area contributed by atoms with Crippen molar-refractivity contribution in [2.24, 2.45) is 7.05 Å². The summed E-state index contributed by atoms with van der Waals surface area (Å²) in [5.41, 5.74) is 2.26. The zero-order chi connectivity index (χ0) is 10.3. The van der Waals surface area contributed by atoms with Crippen LogP contribution >= 0.6 is 15.9 Å². The van der Waals surface area contributed by atoms with Crippen molar-refractivity contribution in [1.82, 2.24) is 9.78 Å². The molecule has 1 aliphatic carbocycles. The van der Waals surface area contributed by atoms with Gasteiger partial charge in [-0.05, 0) is 34.7 Å². The smallest absolute Gasteiger partial charge is 0.303 e. The Morgan fingerprint density at radius 2 is 2.50 bits per heavy atom. The van der Waals surface area contributed by atoms with Crippen molar-refractivity contribution in [3.63, 3.8) is 0 Å². The Morgan fingerprint density at radius 1 is 1.79 bits per heavy atom. The number of rotatable bonds is 2. The van der Waals surface area contributed by atoms with Crippen LogP contribution in [-0.2, 0) is 18.3 Å². The third-order valence-electron chi connectivity index (χ3n) is 2.72. The molecule has 0 aliphatic heterocycles. The third kappa shape index (κ3) is 1.45. The van der Waals surface area contributed by atoms with Crippen molar-refractivity contribution in [2.75, 3.05) is 0 Å². The van der Waals surface area contributed by atoms with Crippen molar-refractivity contribution in [3.05, 3.63) is 15.9 Å². The fraction of sp³-hybridized carbons (Fsp3) is 0.556. The van der Waals surface area contributed by atoms with Gasteiger partial charge in [0, 0.05) is 18.3 Å². The number of aliphatic carboxylic acids is 1. The van der Waals surface area contributed by atoms with Gasteiger partial charge in [-0.2, -0.15) is 5.10 Å². The van der Waals surface area contributed by atoms with E-state index >= 15 is 0 Å². The van der Waals surface area contributed by atoms with Crippen LogP contribution < -0.4 is 0 Å². The molecule has 0 saturated heterocycles. The summed E-state index contributed by atoms with van der Waals surface area (Å²) in [6.07, 6.45) is 2.06. The first-order valence-electron chi connectivity index (χ1n) is 4.52. The molecule has 1 heterocycles. The highest BCUT2D eigenvalue weighted by Gasteiger charge is 2.30. The van der Waals surface area contributed by atoms with Gasteiger partial charge in [-0.25, -0.2) is 0 Å². The highest BCUT2D eigenvalue weighted by molar-refractivity contribution is 9.10.